The van der Waals surface area contributed by atoms with Crippen LogP contribution in [0.15, 0.2) is 36.4 Å². The van der Waals surface area contributed by atoms with Crippen LogP contribution in [0.1, 0.15) is 18.9 Å². The topological polar surface area (TPSA) is 9.23 Å². The minimum absolute atomic E-state index is 0.193. The van der Waals surface area contributed by atoms with Crippen LogP contribution in [-0.4, -0.2) is 12.5 Å². The first kappa shape index (κ1) is 12.3. The Labute approximate surface area is 107 Å². The minimum atomic E-state index is 0.193. The predicted molar refractivity (Wildman–Crippen MR) is 74.1 cm³/mol. The van der Waals surface area contributed by atoms with E-state index in [0.717, 1.165) is 18.6 Å². The second-order valence-corrected chi connectivity index (χ2v) is 5.03. The first-order chi connectivity index (χ1) is 8.22. The van der Waals surface area contributed by atoms with Gasteiger partial charge in [-0.25, -0.2) is 0 Å². The first-order valence-corrected chi connectivity index (χ1v) is 6.34. The molecular weight excluding hydrogens is 232 g/mol. The summed E-state index contributed by atoms with van der Waals surface area (Å²) in [5, 5.41) is 2.72. The fraction of sp³-hybridized carbons (Fsp3) is 0.333. The molecule has 2 rings (SSSR count). The number of hydrogen-bond acceptors (Lipinski definition) is 1. The molecule has 0 fully saturated rings. The molecule has 1 unspecified atom stereocenters. The average molecular weight is 249 g/mol. The number of rotatable bonds is 4. The van der Waals surface area contributed by atoms with Gasteiger partial charge in [0.25, 0.3) is 0 Å². The van der Waals surface area contributed by atoms with Crippen LogP contribution < -0.4 is 4.74 Å². The highest BCUT2D eigenvalue weighted by Crippen LogP contribution is 2.29. The largest absolute Gasteiger partial charge is 0.496 e. The summed E-state index contributed by atoms with van der Waals surface area (Å²) in [6, 6.07) is 12.5. The van der Waals surface area contributed by atoms with E-state index in [0.29, 0.717) is 0 Å². The highest BCUT2D eigenvalue weighted by atomic mass is 35.5. The molecule has 0 N–H and O–H groups in total. The summed E-state index contributed by atoms with van der Waals surface area (Å²) in [5.41, 5.74) is 1.26. The maximum absolute atomic E-state index is 6.03. The summed E-state index contributed by atoms with van der Waals surface area (Å²) in [5.74, 6) is 0.959. The van der Waals surface area contributed by atoms with Crippen molar-refractivity contribution in [3.05, 3.63) is 42.0 Å². The van der Waals surface area contributed by atoms with Crippen molar-refractivity contribution in [2.45, 2.75) is 25.1 Å². The Morgan fingerprint density at radius 2 is 1.94 bits per heavy atom. The Kier molecular flexibility index (Phi) is 3.90. The van der Waals surface area contributed by atoms with Crippen molar-refractivity contribution in [2.75, 3.05) is 7.11 Å². The monoisotopic (exact) mass is 248 g/mol. The normalized spacial score (nSPS) is 12.6. The van der Waals surface area contributed by atoms with E-state index in [1.165, 1.54) is 16.3 Å². The van der Waals surface area contributed by atoms with E-state index >= 15 is 0 Å². The van der Waals surface area contributed by atoms with E-state index in [-0.39, 0.29) is 5.38 Å². The molecule has 0 saturated carbocycles. The highest BCUT2D eigenvalue weighted by Gasteiger charge is 2.09. The lowest BCUT2D eigenvalue weighted by Crippen LogP contribution is -1.98. The predicted octanol–water partition coefficient (Wildman–Crippen LogP) is 4.41. The van der Waals surface area contributed by atoms with Crippen LogP contribution in [-0.2, 0) is 6.42 Å². The van der Waals surface area contributed by atoms with Gasteiger partial charge in [0.1, 0.15) is 5.75 Å². The molecule has 0 saturated heterocycles. The number of alkyl halides is 1. The molecular formula is C15H17ClO. The second-order valence-electron chi connectivity index (χ2n) is 4.29. The van der Waals surface area contributed by atoms with Crippen LogP contribution in [0.5, 0.6) is 5.75 Å². The number of fused-ring (bicyclic) bond motifs is 1. The minimum Gasteiger partial charge on any atom is -0.496 e. The number of hydrogen-bond donors (Lipinski definition) is 0. The Hall–Kier alpha value is -1.21. The Morgan fingerprint density at radius 3 is 2.65 bits per heavy atom. The van der Waals surface area contributed by atoms with Gasteiger partial charge in [0.2, 0.25) is 0 Å². The third kappa shape index (κ3) is 2.73. The van der Waals surface area contributed by atoms with Gasteiger partial charge in [0.05, 0.1) is 7.11 Å². The molecule has 90 valence electrons. The quantitative estimate of drug-likeness (QED) is 0.729. The third-order valence-electron chi connectivity index (χ3n) is 3.01. The van der Waals surface area contributed by atoms with Crippen molar-refractivity contribution in [2.24, 2.45) is 0 Å². The Morgan fingerprint density at radius 1 is 1.18 bits per heavy atom. The highest BCUT2D eigenvalue weighted by molar-refractivity contribution is 6.20. The second kappa shape index (κ2) is 5.42. The summed E-state index contributed by atoms with van der Waals surface area (Å²) in [6.45, 7) is 2.03. The molecule has 2 aromatic carbocycles. The van der Waals surface area contributed by atoms with Crippen molar-refractivity contribution < 1.29 is 4.74 Å². The van der Waals surface area contributed by atoms with Crippen LogP contribution in [0.25, 0.3) is 10.8 Å². The van der Waals surface area contributed by atoms with Crippen LogP contribution in [0.2, 0.25) is 0 Å². The maximum atomic E-state index is 6.03. The van der Waals surface area contributed by atoms with Gasteiger partial charge in [0.15, 0.2) is 0 Å². The summed E-state index contributed by atoms with van der Waals surface area (Å²) in [4.78, 5) is 0. The maximum Gasteiger partial charge on any atom is 0.122 e. The van der Waals surface area contributed by atoms with Gasteiger partial charge in [-0.2, -0.15) is 0 Å². The molecule has 2 heteroatoms. The van der Waals surface area contributed by atoms with E-state index in [2.05, 4.69) is 30.3 Å². The van der Waals surface area contributed by atoms with Crippen molar-refractivity contribution in [1.29, 1.82) is 0 Å². The van der Waals surface area contributed by atoms with Gasteiger partial charge >= 0.3 is 0 Å². The van der Waals surface area contributed by atoms with E-state index in [1.807, 2.05) is 13.0 Å². The molecule has 1 atom stereocenters. The number of halogens is 1. The van der Waals surface area contributed by atoms with Crippen LogP contribution >= 0.6 is 11.6 Å². The first-order valence-electron chi connectivity index (χ1n) is 5.91. The molecule has 0 amide bonds. The molecule has 0 aliphatic heterocycles. The van der Waals surface area contributed by atoms with E-state index < -0.39 is 0 Å². The van der Waals surface area contributed by atoms with Crippen molar-refractivity contribution >= 4 is 22.4 Å². The molecule has 0 aromatic heterocycles. The van der Waals surface area contributed by atoms with E-state index in [4.69, 9.17) is 16.3 Å². The zero-order valence-electron chi connectivity index (χ0n) is 10.2. The van der Waals surface area contributed by atoms with Crippen LogP contribution in [0.3, 0.4) is 0 Å². The number of benzene rings is 2. The summed E-state index contributed by atoms with van der Waals surface area (Å²) in [7, 11) is 1.72. The zero-order valence-corrected chi connectivity index (χ0v) is 11.0. The molecule has 2 aromatic rings. The van der Waals surface area contributed by atoms with Crippen molar-refractivity contribution in [3.63, 3.8) is 0 Å². The van der Waals surface area contributed by atoms with Gasteiger partial charge < -0.3 is 4.74 Å². The molecule has 0 spiro atoms. The Balaban J connectivity index is 2.47. The Bertz CT molecular complexity index is 505. The number of methoxy groups -OCH3 is 1. The number of aryl methyl sites for hydroxylation is 1. The SMILES string of the molecule is COc1ccc2ccccc2c1CCC(C)Cl. The summed E-state index contributed by atoms with van der Waals surface area (Å²) in [6.07, 6.45) is 1.92. The van der Waals surface area contributed by atoms with E-state index in [9.17, 15) is 0 Å². The fourth-order valence-electron chi connectivity index (χ4n) is 2.11. The van der Waals surface area contributed by atoms with Gasteiger partial charge in [0, 0.05) is 10.9 Å². The molecule has 1 nitrogen and oxygen atoms in total. The third-order valence-corrected chi connectivity index (χ3v) is 3.23. The van der Waals surface area contributed by atoms with Gasteiger partial charge in [-0.1, -0.05) is 30.3 Å². The average Bonchev–Trinajstić information content (AvgIpc) is 2.35. The lowest BCUT2D eigenvalue weighted by Gasteiger charge is -2.12. The lowest BCUT2D eigenvalue weighted by atomic mass is 9.99. The smallest absolute Gasteiger partial charge is 0.122 e. The molecule has 0 heterocycles. The molecule has 0 bridgehead atoms. The molecule has 0 aliphatic rings. The van der Waals surface area contributed by atoms with Gasteiger partial charge in [-0.3, -0.25) is 0 Å². The van der Waals surface area contributed by atoms with Crippen LogP contribution in [0, 0.1) is 0 Å². The van der Waals surface area contributed by atoms with E-state index in [1.54, 1.807) is 7.11 Å². The fourth-order valence-corrected chi connectivity index (χ4v) is 2.22. The van der Waals surface area contributed by atoms with Crippen molar-refractivity contribution in [3.8, 4) is 5.75 Å². The molecule has 0 aliphatic carbocycles. The van der Waals surface area contributed by atoms with Crippen LogP contribution in [0.4, 0.5) is 0 Å². The van der Waals surface area contributed by atoms with Gasteiger partial charge in [-0.05, 0) is 36.6 Å². The summed E-state index contributed by atoms with van der Waals surface area (Å²) >= 11 is 6.03. The molecule has 17 heavy (non-hydrogen) atoms. The molecule has 0 radical (unpaired) electrons. The number of ether oxygens (including phenoxy) is 1. The lowest BCUT2D eigenvalue weighted by molar-refractivity contribution is 0.410. The summed E-state index contributed by atoms with van der Waals surface area (Å²) < 4.78 is 5.44. The van der Waals surface area contributed by atoms with Crippen molar-refractivity contribution in [1.82, 2.24) is 0 Å². The zero-order chi connectivity index (χ0) is 12.3. The van der Waals surface area contributed by atoms with Gasteiger partial charge in [-0.15, -0.1) is 11.6 Å². The standard InChI is InChI=1S/C15H17ClO/c1-11(16)7-9-14-13-6-4-3-5-12(13)8-10-15(14)17-2/h3-6,8,10-11H,7,9H2,1-2H3.